The topological polar surface area (TPSA) is 55.3 Å². The van der Waals surface area contributed by atoms with Gasteiger partial charge in [-0.05, 0) is 54.5 Å². The highest BCUT2D eigenvalue weighted by atomic mass is 79.9. The summed E-state index contributed by atoms with van der Waals surface area (Å²) in [6.07, 6.45) is 11.2. The van der Waals surface area contributed by atoms with Gasteiger partial charge in [0.25, 0.3) is 0 Å². The second kappa shape index (κ2) is 7.40. The van der Waals surface area contributed by atoms with Gasteiger partial charge < -0.3 is 9.64 Å². The number of carbonyl (C=O) groups is 1. The molecule has 120 valence electrons. The summed E-state index contributed by atoms with van der Waals surface area (Å²) >= 11 is 3.34. The second-order valence-corrected chi connectivity index (χ2v) is 7.10. The van der Waals surface area contributed by atoms with Crippen molar-refractivity contribution in [3.05, 3.63) is 16.9 Å². The highest BCUT2D eigenvalue weighted by Crippen LogP contribution is 2.25. The Balaban J connectivity index is 1.57. The van der Waals surface area contributed by atoms with Crippen LogP contribution in [0.4, 0.5) is 5.95 Å². The predicted molar refractivity (Wildman–Crippen MR) is 87.6 cm³/mol. The van der Waals surface area contributed by atoms with E-state index in [0.29, 0.717) is 12.5 Å². The van der Waals surface area contributed by atoms with Gasteiger partial charge in [0, 0.05) is 25.5 Å². The molecule has 1 saturated heterocycles. The number of anilines is 1. The Labute approximate surface area is 139 Å². The van der Waals surface area contributed by atoms with E-state index in [-0.39, 0.29) is 18.0 Å². The molecule has 2 aliphatic rings. The molecule has 0 radical (unpaired) electrons. The van der Waals surface area contributed by atoms with Gasteiger partial charge in [-0.25, -0.2) is 9.97 Å². The molecule has 1 aromatic rings. The average molecular weight is 368 g/mol. The van der Waals surface area contributed by atoms with Crippen LogP contribution in [0.2, 0.25) is 0 Å². The number of rotatable bonds is 3. The van der Waals surface area contributed by atoms with E-state index in [0.717, 1.165) is 36.7 Å². The van der Waals surface area contributed by atoms with E-state index in [2.05, 4.69) is 30.8 Å². The van der Waals surface area contributed by atoms with Crippen molar-refractivity contribution in [2.24, 2.45) is 5.92 Å². The second-order valence-electron chi connectivity index (χ2n) is 6.18. The summed E-state index contributed by atoms with van der Waals surface area (Å²) in [5, 5.41) is 0. The fourth-order valence-electron chi connectivity index (χ4n) is 3.26. The first-order chi connectivity index (χ1) is 10.7. The van der Waals surface area contributed by atoms with Gasteiger partial charge in [0.05, 0.1) is 10.4 Å². The zero-order chi connectivity index (χ0) is 15.4. The van der Waals surface area contributed by atoms with Crippen LogP contribution in [-0.2, 0) is 9.53 Å². The minimum Gasteiger partial charge on any atom is -0.462 e. The smallest absolute Gasteiger partial charge is 0.311 e. The largest absolute Gasteiger partial charge is 0.462 e. The van der Waals surface area contributed by atoms with E-state index >= 15 is 0 Å². The molecule has 2 heterocycles. The molecule has 0 aromatic carbocycles. The lowest BCUT2D eigenvalue weighted by Gasteiger charge is -2.32. The predicted octanol–water partition coefficient (Wildman–Crippen LogP) is 3.33. The molecular formula is C16H22BrN3O2. The molecule has 6 heteroatoms. The normalized spacial score (nSPS) is 23.3. The van der Waals surface area contributed by atoms with E-state index in [9.17, 15) is 4.79 Å². The first-order valence-corrected chi connectivity index (χ1v) is 8.94. The first-order valence-electron chi connectivity index (χ1n) is 8.15. The summed E-state index contributed by atoms with van der Waals surface area (Å²) in [5.41, 5.74) is 0. The van der Waals surface area contributed by atoms with Crippen molar-refractivity contribution in [1.29, 1.82) is 0 Å². The lowest BCUT2D eigenvalue weighted by atomic mass is 9.96. The Hall–Kier alpha value is -1.17. The number of halogens is 1. The minimum absolute atomic E-state index is 0.0336. The van der Waals surface area contributed by atoms with E-state index in [1.54, 1.807) is 12.4 Å². The van der Waals surface area contributed by atoms with Crippen LogP contribution >= 0.6 is 15.9 Å². The third kappa shape index (κ3) is 3.97. The molecule has 0 amide bonds. The summed E-state index contributed by atoms with van der Waals surface area (Å²) in [7, 11) is 0. The van der Waals surface area contributed by atoms with Gasteiger partial charge in [0.2, 0.25) is 5.95 Å². The molecule has 0 bridgehead atoms. The van der Waals surface area contributed by atoms with Gasteiger partial charge in [-0.2, -0.15) is 0 Å². The monoisotopic (exact) mass is 367 g/mol. The third-order valence-corrected chi connectivity index (χ3v) is 4.89. The van der Waals surface area contributed by atoms with Gasteiger partial charge in [-0.1, -0.05) is 6.42 Å². The number of carbonyl (C=O) groups excluding carboxylic acids is 1. The summed E-state index contributed by atoms with van der Waals surface area (Å²) in [5.74, 6) is 0.606. The van der Waals surface area contributed by atoms with Gasteiger partial charge in [0.1, 0.15) is 6.10 Å². The van der Waals surface area contributed by atoms with Crippen molar-refractivity contribution < 1.29 is 9.53 Å². The van der Waals surface area contributed by atoms with Crippen LogP contribution in [0, 0.1) is 5.92 Å². The Bertz CT molecular complexity index is 503. The Morgan fingerprint density at radius 2 is 1.86 bits per heavy atom. The molecule has 5 nitrogen and oxygen atoms in total. The van der Waals surface area contributed by atoms with Crippen LogP contribution < -0.4 is 4.90 Å². The Kier molecular flexibility index (Phi) is 5.28. The molecule has 2 fully saturated rings. The molecule has 1 aliphatic heterocycles. The van der Waals surface area contributed by atoms with Crippen molar-refractivity contribution in [3.63, 3.8) is 0 Å². The van der Waals surface area contributed by atoms with Crippen LogP contribution in [0.5, 0.6) is 0 Å². The number of hydrogen-bond donors (Lipinski definition) is 0. The van der Waals surface area contributed by atoms with Gasteiger partial charge in [-0.15, -0.1) is 0 Å². The number of piperidine rings is 1. The van der Waals surface area contributed by atoms with Crippen LogP contribution in [0.25, 0.3) is 0 Å². The van der Waals surface area contributed by atoms with Crippen molar-refractivity contribution in [2.75, 3.05) is 18.0 Å². The molecular weight excluding hydrogens is 346 g/mol. The quantitative estimate of drug-likeness (QED) is 0.766. The zero-order valence-corrected chi connectivity index (χ0v) is 14.3. The van der Waals surface area contributed by atoms with Gasteiger partial charge in [0.15, 0.2) is 0 Å². The van der Waals surface area contributed by atoms with E-state index < -0.39 is 0 Å². The maximum atomic E-state index is 12.4. The SMILES string of the molecule is O=C(OC1CCCCC1)C1CCCN(c2ncc(Br)cn2)C1. The number of esters is 1. The molecule has 22 heavy (non-hydrogen) atoms. The Morgan fingerprint density at radius 1 is 1.14 bits per heavy atom. The standard InChI is InChI=1S/C16H22BrN3O2/c17-13-9-18-16(19-10-13)20-8-4-5-12(11-20)15(21)22-14-6-2-1-3-7-14/h9-10,12,14H,1-8,11H2. The minimum atomic E-state index is -0.0528. The summed E-state index contributed by atoms with van der Waals surface area (Å²) in [6, 6.07) is 0. The molecule has 0 spiro atoms. The fraction of sp³-hybridized carbons (Fsp3) is 0.688. The summed E-state index contributed by atoms with van der Waals surface area (Å²) in [6.45, 7) is 1.56. The molecule has 1 unspecified atom stereocenters. The molecule has 1 saturated carbocycles. The number of nitrogens with zero attached hydrogens (tertiary/aromatic N) is 3. The highest BCUT2D eigenvalue weighted by Gasteiger charge is 2.30. The molecule has 1 aromatic heterocycles. The van der Waals surface area contributed by atoms with Crippen molar-refractivity contribution in [3.8, 4) is 0 Å². The van der Waals surface area contributed by atoms with Crippen LogP contribution in [0.1, 0.15) is 44.9 Å². The highest BCUT2D eigenvalue weighted by molar-refractivity contribution is 9.10. The van der Waals surface area contributed by atoms with E-state index in [1.807, 2.05) is 0 Å². The van der Waals surface area contributed by atoms with Crippen LogP contribution in [0.15, 0.2) is 16.9 Å². The van der Waals surface area contributed by atoms with Gasteiger partial charge >= 0.3 is 5.97 Å². The van der Waals surface area contributed by atoms with Crippen molar-refractivity contribution in [2.45, 2.75) is 51.0 Å². The summed E-state index contributed by atoms with van der Waals surface area (Å²) < 4.78 is 6.58. The van der Waals surface area contributed by atoms with Crippen molar-refractivity contribution >= 4 is 27.8 Å². The molecule has 1 atom stereocenters. The maximum absolute atomic E-state index is 12.4. The average Bonchev–Trinajstić information content (AvgIpc) is 2.56. The van der Waals surface area contributed by atoms with Crippen LogP contribution in [-0.4, -0.2) is 35.1 Å². The molecule has 1 aliphatic carbocycles. The Morgan fingerprint density at radius 3 is 2.59 bits per heavy atom. The van der Waals surface area contributed by atoms with Crippen molar-refractivity contribution in [1.82, 2.24) is 9.97 Å². The van der Waals surface area contributed by atoms with Crippen LogP contribution in [0.3, 0.4) is 0 Å². The van der Waals surface area contributed by atoms with Gasteiger partial charge in [-0.3, -0.25) is 4.79 Å². The third-order valence-electron chi connectivity index (χ3n) is 4.48. The first kappa shape index (κ1) is 15.7. The summed E-state index contributed by atoms with van der Waals surface area (Å²) in [4.78, 5) is 23.1. The van der Waals surface area contributed by atoms with E-state index in [4.69, 9.17) is 4.74 Å². The maximum Gasteiger partial charge on any atom is 0.311 e. The lowest BCUT2D eigenvalue weighted by Crippen LogP contribution is -2.41. The number of aromatic nitrogens is 2. The van der Waals surface area contributed by atoms with E-state index in [1.165, 1.54) is 19.3 Å². The zero-order valence-electron chi connectivity index (χ0n) is 12.7. The fourth-order valence-corrected chi connectivity index (χ4v) is 3.47. The number of ether oxygens (including phenoxy) is 1. The lowest BCUT2D eigenvalue weighted by molar-refractivity contribution is -0.155. The molecule has 3 rings (SSSR count). The molecule has 0 N–H and O–H groups in total. The number of hydrogen-bond acceptors (Lipinski definition) is 5.